The van der Waals surface area contributed by atoms with Crippen LogP contribution in [-0.2, 0) is 4.79 Å². The van der Waals surface area contributed by atoms with Crippen molar-refractivity contribution in [3.05, 3.63) is 91.0 Å². The molecular weight excluding hydrogens is 387 g/mol. The number of hydrogen-bond donors (Lipinski definition) is 1. The first-order valence-corrected chi connectivity index (χ1v) is 12.7. The van der Waals surface area contributed by atoms with Gasteiger partial charge < -0.3 is 0 Å². The summed E-state index contributed by atoms with van der Waals surface area (Å²) in [6.45, 7) is 6.26. The van der Waals surface area contributed by atoms with Gasteiger partial charge in [0.1, 0.15) is 0 Å². The van der Waals surface area contributed by atoms with Crippen LogP contribution < -0.4 is 21.2 Å². The van der Waals surface area contributed by atoms with Gasteiger partial charge in [-0.25, -0.2) is 0 Å². The minimum absolute atomic E-state index is 0.134. The first-order chi connectivity index (χ1) is 14.6. The molecule has 30 heavy (non-hydrogen) atoms. The Morgan fingerprint density at radius 3 is 1.57 bits per heavy atom. The Kier molecular flexibility index (Phi) is 7.79. The van der Waals surface area contributed by atoms with Crippen molar-refractivity contribution in [2.45, 2.75) is 19.5 Å². The van der Waals surface area contributed by atoms with Crippen LogP contribution in [0.3, 0.4) is 0 Å². The van der Waals surface area contributed by atoms with E-state index in [9.17, 15) is 4.79 Å². The monoisotopic (exact) mass is 420 g/mol. The molecule has 3 rings (SSSR count). The van der Waals surface area contributed by atoms with E-state index in [4.69, 9.17) is 0 Å². The zero-order valence-electron chi connectivity index (χ0n) is 18.2. The molecule has 3 aromatic rings. The fraction of sp³-hybridized carbons (Fsp3) is 0.269. The van der Waals surface area contributed by atoms with E-state index in [0.29, 0.717) is 5.66 Å². The normalized spacial score (nSPS) is 12.9. The topological polar surface area (TPSA) is 32.3 Å². The molecule has 0 spiro atoms. The van der Waals surface area contributed by atoms with Crippen LogP contribution in [0.4, 0.5) is 0 Å². The second-order valence-corrected chi connectivity index (χ2v) is 12.2. The summed E-state index contributed by atoms with van der Waals surface area (Å²) in [6, 6.07) is 32.7. The van der Waals surface area contributed by atoms with Crippen LogP contribution in [0.5, 0.6) is 0 Å². The van der Waals surface area contributed by atoms with Crippen LogP contribution in [0.1, 0.15) is 13.8 Å². The number of carbonyl (C=O) groups excluding carboxylic acids is 1. The van der Waals surface area contributed by atoms with Gasteiger partial charge >= 0.3 is 181 Å². The van der Waals surface area contributed by atoms with Gasteiger partial charge in [0.2, 0.25) is 0 Å². The second-order valence-electron chi connectivity index (χ2n) is 7.88. The third-order valence-corrected chi connectivity index (χ3v) is 11.4. The maximum absolute atomic E-state index is 12.4. The van der Waals surface area contributed by atoms with Gasteiger partial charge in [0.15, 0.2) is 0 Å². The summed E-state index contributed by atoms with van der Waals surface area (Å²) < 4.78 is 0. The molecule has 1 amide bonds. The van der Waals surface area contributed by atoms with Crippen molar-refractivity contribution in [3.63, 3.8) is 0 Å². The first kappa shape index (κ1) is 22.2. The van der Waals surface area contributed by atoms with E-state index in [0.717, 1.165) is 19.6 Å². The number of amides is 1. The van der Waals surface area contributed by atoms with E-state index in [2.05, 4.69) is 103 Å². The third-order valence-electron chi connectivity index (χ3n) is 6.00. The van der Waals surface area contributed by atoms with Gasteiger partial charge in [-0.05, 0) is 0 Å². The number of rotatable bonds is 9. The third kappa shape index (κ3) is 4.64. The standard InChI is InChI=1S/C26H33N2OP/c1-22(21-28(23(2)29)20-19-27-3)30(24-13-7-4-8-14-24,25-15-9-5-10-16-25)26-17-11-6-12-18-26/h4-18,22,27,30H,19-21H2,1-3H3. The molecule has 0 saturated heterocycles. The second kappa shape index (κ2) is 10.5. The maximum atomic E-state index is 12.4. The number of nitrogens with one attached hydrogen (secondary N) is 1. The average molecular weight is 421 g/mol. The molecule has 0 aromatic heterocycles. The Balaban J connectivity index is 2.19. The van der Waals surface area contributed by atoms with Crippen molar-refractivity contribution < 1.29 is 4.79 Å². The molecule has 0 aliphatic rings. The van der Waals surface area contributed by atoms with Crippen molar-refractivity contribution >= 4 is 29.1 Å². The number of likely N-dealkylation sites (N-methyl/N-ethyl adjacent to an activating group) is 1. The zero-order chi connectivity index (χ0) is 21.4. The molecule has 0 aliphatic carbocycles. The van der Waals surface area contributed by atoms with Crippen LogP contribution in [0.2, 0.25) is 0 Å². The molecule has 1 unspecified atom stereocenters. The summed E-state index contributed by atoms with van der Waals surface area (Å²) in [5, 5.41) is 7.32. The quantitative estimate of drug-likeness (QED) is 0.540. The summed E-state index contributed by atoms with van der Waals surface area (Å²) in [4.78, 5) is 14.4. The summed E-state index contributed by atoms with van der Waals surface area (Å²) in [6.07, 6.45) is 0. The van der Waals surface area contributed by atoms with Gasteiger partial charge in [-0.15, -0.1) is 0 Å². The van der Waals surface area contributed by atoms with Crippen molar-refractivity contribution in [2.75, 3.05) is 26.7 Å². The van der Waals surface area contributed by atoms with Gasteiger partial charge in [0, 0.05) is 0 Å². The molecule has 4 heteroatoms. The Morgan fingerprint density at radius 1 is 0.833 bits per heavy atom. The molecule has 3 nitrogen and oxygen atoms in total. The molecule has 0 radical (unpaired) electrons. The van der Waals surface area contributed by atoms with Crippen LogP contribution in [-0.4, -0.2) is 43.1 Å². The Bertz CT molecular complexity index is 819. The number of carbonyl (C=O) groups is 1. The number of benzene rings is 3. The molecule has 0 fully saturated rings. The average Bonchev–Trinajstić information content (AvgIpc) is 2.79. The summed E-state index contributed by atoms with van der Waals surface area (Å²) in [7, 11) is -0.460. The molecule has 0 saturated carbocycles. The molecule has 0 bridgehead atoms. The Morgan fingerprint density at radius 2 is 1.23 bits per heavy atom. The van der Waals surface area contributed by atoms with Gasteiger partial charge in [-0.2, -0.15) is 0 Å². The summed E-state index contributed by atoms with van der Waals surface area (Å²) in [5.74, 6) is 0.134. The van der Waals surface area contributed by atoms with E-state index >= 15 is 0 Å². The summed E-state index contributed by atoms with van der Waals surface area (Å²) >= 11 is 0. The molecule has 158 valence electrons. The predicted molar refractivity (Wildman–Crippen MR) is 132 cm³/mol. The fourth-order valence-corrected chi connectivity index (χ4v) is 9.90. The van der Waals surface area contributed by atoms with E-state index in [1.165, 1.54) is 15.9 Å². The van der Waals surface area contributed by atoms with Crippen molar-refractivity contribution in [2.24, 2.45) is 0 Å². The molecule has 3 aromatic carbocycles. The first-order valence-electron chi connectivity index (χ1n) is 10.7. The number of nitrogens with zero attached hydrogens (tertiary/aromatic N) is 1. The van der Waals surface area contributed by atoms with E-state index in [1.807, 2.05) is 11.9 Å². The van der Waals surface area contributed by atoms with E-state index in [-0.39, 0.29) is 5.91 Å². The SMILES string of the molecule is CNCCN(CC(C)[PH](c1ccccc1)(c1ccccc1)c1ccccc1)C(C)=O. The van der Waals surface area contributed by atoms with Crippen LogP contribution in [0, 0.1) is 0 Å². The van der Waals surface area contributed by atoms with Gasteiger partial charge in [-0.1, -0.05) is 0 Å². The van der Waals surface area contributed by atoms with E-state index < -0.39 is 7.26 Å². The summed E-state index contributed by atoms with van der Waals surface area (Å²) in [5.41, 5.74) is 0.297. The van der Waals surface area contributed by atoms with Crippen LogP contribution in [0.15, 0.2) is 91.0 Å². The van der Waals surface area contributed by atoms with Gasteiger partial charge in [0.25, 0.3) is 0 Å². The fourth-order valence-electron chi connectivity index (χ4n) is 4.55. The minimum atomic E-state index is -2.39. The van der Waals surface area contributed by atoms with Gasteiger partial charge in [0.05, 0.1) is 0 Å². The molecule has 1 N–H and O–H groups in total. The molecule has 0 heterocycles. The predicted octanol–water partition coefficient (Wildman–Crippen LogP) is 3.17. The molecule has 1 atom stereocenters. The van der Waals surface area contributed by atoms with Crippen molar-refractivity contribution in [3.8, 4) is 0 Å². The van der Waals surface area contributed by atoms with E-state index in [1.54, 1.807) is 6.92 Å². The molecular formula is C26H33N2OP. The van der Waals surface area contributed by atoms with Crippen molar-refractivity contribution in [1.29, 1.82) is 0 Å². The Hall–Kier alpha value is -2.48. The van der Waals surface area contributed by atoms with Crippen LogP contribution >= 0.6 is 7.26 Å². The zero-order valence-corrected chi connectivity index (χ0v) is 19.2. The Labute approximate surface area is 181 Å². The van der Waals surface area contributed by atoms with Crippen molar-refractivity contribution in [1.82, 2.24) is 10.2 Å². The molecule has 0 aliphatic heterocycles. The van der Waals surface area contributed by atoms with Gasteiger partial charge in [-0.3, -0.25) is 0 Å². The van der Waals surface area contributed by atoms with Crippen LogP contribution in [0.25, 0.3) is 0 Å². The number of hydrogen-bond acceptors (Lipinski definition) is 2.